The molecule has 128 valence electrons. The molecule has 0 radical (unpaired) electrons. The van der Waals surface area contributed by atoms with E-state index in [4.69, 9.17) is 14.7 Å². The first-order valence-corrected chi connectivity index (χ1v) is 7.39. The summed E-state index contributed by atoms with van der Waals surface area (Å²) in [6.07, 6.45) is 1.42. The largest absolute Gasteiger partial charge is 0.546 e. The number of hydrogen-bond donors (Lipinski definition) is 1. The number of ether oxygens (including phenoxy) is 2. The summed E-state index contributed by atoms with van der Waals surface area (Å²) in [4.78, 5) is 22.4. The second-order valence-corrected chi connectivity index (χ2v) is 5.10. The maximum atomic E-state index is 11.9. The fourth-order valence-electron chi connectivity index (χ4n) is 1.79. The summed E-state index contributed by atoms with van der Waals surface area (Å²) in [6.45, 7) is 5.10. The van der Waals surface area contributed by atoms with Crippen molar-refractivity contribution in [3.8, 4) is 17.6 Å². The molecule has 0 aromatic heterocycles. The normalized spacial score (nSPS) is 10.9. The Bertz CT molecular complexity index is 674. The van der Waals surface area contributed by atoms with Crippen LogP contribution in [0.4, 0.5) is 0 Å². The van der Waals surface area contributed by atoms with E-state index in [9.17, 15) is 14.7 Å². The van der Waals surface area contributed by atoms with Crippen molar-refractivity contribution in [3.05, 3.63) is 29.3 Å². The first-order valence-electron chi connectivity index (χ1n) is 7.39. The number of aliphatic carboxylic acids is 1. The van der Waals surface area contributed by atoms with Gasteiger partial charge in [0.1, 0.15) is 18.2 Å². The van der Waals surface area contributed by atoms with Crippen molar-refractivity contribution >= 4 is 18.0 Å². The quantitative estimate of drug-likeness (QED) is 0.553. The Morgan fingerprint density at radius 1 is 1.33 bits per heavy atom. The third kappa shape index (κ3) is 6.01. The number of amides is 1. The third-order valence-corrected chi connectivity index (χ3v) is 2.71. The van der Waals surface area contributed by atoms with Crippen molar-refractivity contribution in [1.29, 1.82) is 5.26 Å². The van der Waals surface area contributed by atoms with Crippen LogP contribution in [0.15, 0.2) is 23.8 Å². The van der Waals surface area contributed by atoms with E-state index in [2.05, 4.69) is 5.32 Å². The highest BCUT2D eigenvalue weighted by atomic mass is 16.5. The highest BCUT2D eigenvalue weighted by molar-refractivity contribution is 6.01. The Morgan fingerprint density at radius 3 is 2.58 bits per heavy atom. The minimum atomic E-state index is -1.35. The molecule has 7 heteroatoms. The van der Waals surface area contributed by atoms with Gasteiger partial charge in [0.05, 0.1) is 12.6 Å². The van der Waals surface area contributed by atoms with E-state index in [1.165, 1.54) is 12.1 Å². The Labute approximate surface area is 140 Å². The summed E-state index contributed by atoms with van der Waals surface area (Å²) in [5.41, 5.74) is 0.504. The zero-order chi connectivity index (χ0) is 18.1. The summed E-state index contributed by atoms with van der Waals surface area (Å²) in [7, 11) is 0. The molecule has 0 saturated carbocycles. The van der Waals surface area contributed by atoms with Gasteiger partial charge in [-0.05, 0) is 44.5 Å². The van der Waals surface area contributed by atoms with Crippen LogP contribution in [0.3, 0.4) is 0 Å². The van der Waals surface area contributed by atoms with Gasteiger partial charge in [-0.3, -0.25) is 4.79 Å². The van der Waals surface area contributed by atoms with E-state index in [-0.39, 0.29) is 17.4 Å². The summed E-state index contributed by atoms with van der Waals surface area (Å²) < 4.78 is 10.5. The number of carbonyl (C=O) groups is 2. The number of benzene rings is 1. The molecule has 1 aromatic carbocycles. The van der Waals surface area contributed by atoms with Crippen molar-refractivity contribution in [2.45, 2.75) is 26.8 Å². The molecule has 0 fully saturated rings. The Hall–Kier alpha value is -3.01. The number of carbonyl (C=O) groups excluding carboxylic acids is 2. The molecule has 1 N–H and O–H groups in total. The van der Waals surface area contributed by atoms with Crippen LogP contribution in [-0.4, -0.2) is 31.1 Å². The molecule has 0 unspecified atom stereocenters. The van der Waals surface area contributed by atoms with Crippen LogP contribution in [0, 0.1) is 11.3 Å². The topological polar surface area (TPSA) is 111 Å². The lowest BCUT2D eigenvalue weighted by molar-refractivity contribution is -0.307. The van der Waals surface area contributed by atoms with Crippen molar-refractivity contribution in [1.82, 2.24) is 5.32 Å². The number of nitrogens with zero attached hydrogens (tertiary/aromatic N) is 1. The lowest BCUT2D eigenvalue weighted by atomic mass is 10.1. The maximum absolute atomic E-state index is 11.9. The lowest BCUT2D eigenvalue weighted by Crippen LogP contribution is -2.30. The molecule has 7 nitrogen and oxygen atoms in total. The number of hydrogen-bond acceptors (Lipinski definition) is 6. The minimum absolute atomic E-state index is 0.0467. The molecule has 1 amide bonds. The number of nitrogens with one attached hydrogen (secondary N) is 1. The van der Waals surface area contributed by atoms with Crippen LogP contribution in [0.5, 0.6) is 11.5 Å². The number of rotatable bonds is 8. The second-order valence-electron chi connectivity index (χ2n) is 5.10. The monoisotopic (exact) mass is 331 g/mol. The van der Waals surface area contributed by atoms with E-state index in [1.807, 2.05) is 6.07 Å². The first kappa shape index (κ1) is 19.0. The fourth-order valence-corrected chi connectivity index (χ4v) is 1.79. The molecule has 0 bridgehead atoms. The third-order valence-electron chi connectivity index (χ3n) is 2.71. The molecule has 0 aliphatic rings. The van der Waals surface area contributed by atoms with Gasteiger partial charge in [0, 0.05) is 6.04 Å². The van der Waals surface area contributed by atoms with Crippen molar-refractivity contribution in [2.75, 3.05) is 13.2 Å². The summed E-state index contributed by atoms with van der Waals surface area (Å²) in [5, 5.41) is 22.3. The molecule has 1 rings (SSSR count). The molecule has 0 aliphatic carbocycles. The number of carboxylic acids is 1. The molecule has 0 saturated heterocycles. The highest BCUT2D eigenvalue weighted by Gasteiger charge is 2.11. The zero-order valence-corrected chi connectivity index (χ0v) is 13.8. The summed E-state index contributed by atoms with van der Waals surface area (Å²) in [6, 6.07) is 6.43. The lowest BCUT2D eigenvalue weighted by Gasteiger charge is -2.13. The van der Waals surface area contributed by atoms with Crippen LogP contribution in [0.25, 0.3) is 6.08 Å². The van der Waals surface area contributed by atoms with Crippen LogP contribution < -0.4 is 19.9 Å². The van der Waals surface area contributed by atoms with Gasteiger partial charge in [-0.2, -0.15) is 5.26 Å². The predicted octanol–water partition coefficient (Wildman–Crippen LogP) is 0.646. The second kappa shape index (κ2) is 9.20. The van der Waals surface area contributed by atoms with E-state index in [0.29, 0.717) is 17.9 Å². The fraction of sp³-hybridized carbons (Fsp3) is 0.353. The standard InChI is InChI=1S/C17H20N2O5/c1-4-23-15-8-12(5-6-14(15)24-10-16(20)21)7-13(9-18)17(22)19-11(2)3/h5-8,11H,4,10H2,1-3H3,(H,19,22)(H,20,21)/p-1/b13-7+. The summed E-state index contributed by atoms with van der Waals surface area (Å²) in [5.74, 6) is -1.27. The predicted molar refractivity (Wildman–Crippen MR) is 85.0 cm³/mol. The molecular weight excluding hydrogens is 312 g/mol. The van der Waals surface area contributed by atoms with Gasteiger partial charge in [0.25, 0.3) is 5.91 Å². The first-order chi connectivity index (χ1) is 11.4. The van der Waals surface area contributed by atoms with Crippen LogP contribution >= 0.6 is 0 Å². The van der Waals surface area contributed by atoms with Crippen molar-refractivity contribution < 1.29 is 24.2 Å². The Balaban J connectivity index is 3.09. The molecule has 0 heterocycles. The van der Waals surface area contributed by atoms with Gasteiger partial charge in [0.15, 0.2) is 11.5 Å². The number of carboxylic acid groups (broad SMARTS) is 1. The number of nitriles is 1. The van der Waals surface area contributed by atoms with Gasteiger partial charge >= 0.3 is 0 Å². The average molecular weight is 331 g/mol. The van der Waals surface area contributed by atoms with Crippen LogP contribution in [0.2, 0.25) is 0 Å². The SMILES string of the molecule is CCOc1cc(/C=C(\C#N)C(=O)NC(C)C)ccc1OCC(=O)[O-]. The average Bonchev–Trinajstić information content (AvgIpc) is 2.51. The van der Waals surface area contributed by atoms with Gasteiger partial charge in [-0.1, -0.05) is 6.07 Å². The smallest absolute Gasteiger partial charge is 0.262 e. The minimum Gasteiger partial charge on any atom is -0.546 e. The molecule has 0 atom stereocenters. The van der Waals surface area contributed by atoms with Crippen LogP contribution in [0.1, 0.15) is 26.3 Å². The molecule has 0 aliphatic heterocycles. The van der Waals surface area contributed by atoms with E-state index >= 15 is 0 Å². The molecular formula is C17H19N2O5-. The van der Waals surface area contributed by atoms with E-state index < -0.39 is 18.5 Å². The molecule has 1 aromatic rings. The van der Waals surface area contributed by atoms with Gasteiger partial charge < -0.3 is 24.7 Å². The molecule has 24 heavy (non-hydrogen) atoms. The van der Waals surface area contributed by atoms with Gasteiger partial charge in [0.2, 0.25) is 0 Å². The summed E-state index contributed by atoms with van der Waals surface area (Å²) >= 11 is 0. The van der Waals surface area contributed by atoms with Gasteiger partial charge in [-0.15, -0.1) is 0 Å². The van der Waals surface area contributed by atoms with Crippen molar-refractivity contribution in [3.63, 3.8) is 0 Å². The van der Waals surface area contributed by atoms with Gasteiger partial charge in [-0.25, -0.2) is 0 Å². The van der Waals surface area contributed by atoms with E-state index in [1.54, 1.807) is 32.9 Å². The zero-order valence-electron chi connectivity index (χ0n) is 13.8. The Kier molecular flexibility index (Phi) is 7.30. The Morgan fingerprint density at radius 2 is 2.04 bits per heavy atom. The van der Waals surface area contributed by atoms with Crippen LogP contribution in [-0.2, 0) is 9.59 Å². The van der Waals surface area contributed by atoms with Crippen molar-refractivity contribution in [2.24, 2.45) is 0 Å². The maximum Gasteiger partial charge on any atom is 0.262 e. The highest BCUT2D eigenvalue weighted by Crippen LogP contribution is 2.29. The molecule has 0 spiro atoms. The van der Waals surface area contributed by atoms with E-state index in [0.717, 1.165) is 0 Å².